The van der Waals surface area contributed by atoms with E-state index in [2.05, 4.69) is 16.9 Å². The highest BCUT2D eigenvalue weighted by molar-refractivity contribution is 7.89. The Labute approximate surface area is 217 Å². The molecule has 0 radical (unpaired) electrons. The molecule has 0 bridgehead atoms. The van der Waals surface area contributed by atoms with Gasteiger partial charge in [-0.2, -0.15) is 4.31 Å². The van der Waals surface area contributed by atoms with Crippen molar-refractivity contribution in [2.45, 2.75) is 49.8 Å². The van der Waals surface area contributed by atoms with Gasteiger partial charge in [0.15, 0.2) is 0 Å². The van der Waals surface area contributed by atoms with E-state index in [4.69, 9.17) is 0 Å². The lowest BCUT2D eigenvalue weighted by molar-refractivity contribution is -0.124. The molecule has 1 N–H and O–H groups in total. The number of hydrogen-bond acceptors (Lipinski definition) is 4. The van der Waals surface area contributed by atoms with Gasteiger partial charge in [-0.1, -0.05) is 18.7 Å². The highest BCUT2D eigenvalue weighted by Gasteiger charge is 2.44. The standard InChI is InChI=1S/C26H26F5N3O3S/c1-4-17(13-32-16(2)26(3,30)31)18-5-10-23(29)19(11-18)14-33-25(35)24-12-21(28)15-34(24)38(36,37)22-8-6-20(27)7-9-22/h4-11,13,21,24H,1,12,14-15H2,2-3H3,(H,33,35)/b17-13+,32-16?/t21-,24+/m1/s1. The number of amides is 1. The first kappa shape index (κ1) is 29.2. The van der Waals surface area contributed by atoms with Gasteiger partial charge in [-0.15, -0.1) is 0 Å². The summed E-state index contributed by atoms with van der Waals surface area (Å²) in [5.74, 6) is -5.32. The van der Waals surface area contributed by atoms with Crippen LogP contribution in [0.25, 0.3) is 5.57 Å². The fourth-order valence-electron chi connectivity index (χ4n) is 3.72. The summed E-state index contributed by atoms with van der Waals surface area (Å²) in [7, 11) is -4.31. The molecule has 0 saturated carbocycles. The molecule has 0 aromatic heterocycles. The summed E-state index contributed by atoms with van der Waals surface area (Å²) in [5.41, 5.74) is 0.266. The van der Waals surface area contributed by atoms with Gasteiger partial charge in [0, 0.05) is 38.2 Å². The van der Waals surface area contributed by atoms with E-state index in [0.29, 0.717) is 22.4 Å². The molecule has 2 aromatic carbocycles. The summed E-state index contributed by atoms with van der Waals surface area (Å²) < 4.78 is 95.4. The van der Waals surface area contributed by atoms with E-state index < -0.39 is 64.4 Å². The van der Waals surface area contributed by atoms with Crippen LogP contribution in [-0.4, -0.2) is 49.0 Å². The zero-order valence-corrected chi connectivity index (χ0v) is 21.4. The third-order valence-electron chi connectivity index (χ3n) is 6.01. The molecule has 204 valence electrons. The maximum atomic E-state index is 14.5. The number of hydrogen-bond donors (Lipinski definition) is 1. The van der Waals surface area contributed by atoms with Crippen molar-refractivity contribution in [1.82, 2.24) is 9.62 Å². The molecule has 1 aliphatic heterocycles. The van der Waals surface area contributed by atoms with Crippen LogP contribution in [0, 0.1) is 11.6 Å². The first-order valence-corrected chi connectivity index (χ1v) is 12.9. The molecule has 2 aromatic rings. The number of sulfonamides is 1. The Morgan fingerprint density at radius 1 is 1.21 bits per heavy atom. The summed E-state index contributed by atoms with van der Waals surface area (Å²) in [6, 6.07) is 6.36. The van der Waals surface area contributed by atoms with E-state index in [0.717, 1.165) is 43.5 Å². The van der Waals surface area contributed by atoms with Gasteiger partial charge >= 0.3 is 0 Å². The van der Waals surface area contributed by atoms with Gasteiger partial charge in [0.05, 0.1) is 10.6 Å². The molecule has 0 unspecified atom stereocenters. The normalized spacial score (nSPS) is 19.4. The highest BCUT2D eigenvalue weighted by Crippen LogP contribution is 2.28. The van der Waals surface area contributed by atoms with Gasteiger partial charge in [-0.3, -0.25) is 9.79 Å². The fourth-order valence-corrected chi connectivity index (χ4v) is 5.34. The van der Waals surface area contributed by atoms with Crippen molar-refractivity contribution in [1.29, 1.82) is 0 Å². The monoisotopic (exact) mass is 555 g/mol. The maximum absolute atomic E-state index is 14.5. The Kier molecular flexibility index (Phi) is 8.88. The molecule has 2 atom stereocenters. The Hall–Kier alpha value is -3.38. The van der Waals surface area contributed by atoms with Crippen molar-refractivity contribution in [3.05, 3.63) is 84.1 Å². The molecule has 0 spiro atoms. The topological polar surface area (TPSA) is 78.8 Å². The van der Waals surface area contributed by atoms with Crippen LogP contribution in [0.2, 0.25) is 0 Å². The van der Waals surface area contributed by atoms with Gasteiger partial charge in [0.25, 0.3) is 5.92 Å². The third kappa shape index (κ3) is 6.73. The van der Waals surface area contributed by atoms with E-state index in [1.165, 1.54) is 18.2 Å². The van der Waals surface area contributed by atoms with Crippen LogP contribution in [0.3, 0.4) is 0 Å². The second kappa shape index (κ2) is 11.6. The summed E-state index contributed by atoms with van der Waals surface area (Å²) in [6.45, 7) is 4.55. The van der Waals surface area contributed by atoms with Gasteiger partial charge < -0.3 is 5.32 Å². The lowest BCUT2D eigenvalue weighted by Gasteiger charge is -2.23. The van der Waals surface area contributed by atoms with E-state index >= 15 is 0 Å². The van der Waals surface area contributed by atoms with Crippen LogP contribution in [0.1, 0.15) is 31.4 Å². The zero-order chi connectivity index (χ0) is 28.3. The lowest BCUT2D eigenvalue weighted by Crippen LogP contribution is -2.45. The van der Waals surface area contributed by atoms with Crippen molar-refractivity contribution < 1.29 is 35.2 Å². The number of nitrogens with zero attached hydrogens (tertiary/aromatic N) is 2. The average molecular weight is 556 g/mol. The molecule has 6 nitrogen and oxygen atoms in total. The number of alkyl halides is 3. The molecule has 3 rings (SSSR count). The van der Waals surface area contributed by atoms with E-state index in [-0.39, 0.29) is 17.0 Å². The molecule has 0 aliphatic carbocycles. The number of nitrogens with one attached hydrogen (secondary N) is 1. The number of carbonyl (C=O) groups excluding carboxylic acids is 1. The SMILES string of the molecule is C=C/C(=C\N=C(C)C(C)(F)F)c1ccc(F)c(CNC(=O)[C@@H]2C[C@@H](F)CN2S(=O)(=O)c2ccc(F)cc2)c1. The number of rotatable bonds is 9. The number of aliphatic imine (C=N–C) groups is 1. The molecule has 1 fully saturated rings. The molecule has 1 heterocycles. The van der Waals surface area contributed by atoms with E-state index in [1.807, 2.05) is 0 Å². The van der Waals surface area contributed by atoms with Crippen molar-refractivity contribution in [3.8, 4) is 0 Å². The van der Waals surface area contributed by atoms with Gasteiger partial charge in [0.2, 0.25) is 15.9 Å². The van der Waals surface area contributed by atoms with Crippen molar-refractivity contribution in [3.63, 3.8) is 0 Å². The average Bonchev–Trinajstić information content (AvgIpc) is 3.26. The summed E-state index contributed by atoms with van der Waals surface area (Å²) in [5, 5.41) is 2.44. The second-order valence-corrected chi connectivity index (χ2v) is 10.7. The van der Waals surface area contributed by atoms with E-state index in [1.54, 1.807) is 0 Å². The third-order valence-corrected chi connectivity index (χ3v) is 7.90. The van der Waals surface area contributed by atoms with Crippen LogP contribution in [-0.2, 0) is 21.4 Å². The highest BCUT2D eigenvalue weighted by atomic mass is 32.2. The Morgan fingerprint density at radius 2 is 1.87 bits per heavy atom. The van der Waals surface area contributed by atoms with Crippen LogP contribution >= 0.6 is 0 Å². The predicted octanol–water partition coefficient (Wildman–Crippen LogP) is 5.03. The minimum Gasteiger partial charge on any atom is -0.351 e. The maximum Gasteiger partial charge on any atom is 0.282 e. The number of benzene rings is 2. The molecule has 1 saturated heterocycles. The Balaban J connectivity index is 1.79. The number of allylic oxidation sites excluding steroid dienone is 2. The molecule has 1 amide bonds. The van der Waals surface area contributed by atoms with Gasteiger partial charge in [0.1, 0.15) is 23.8 Å². The van der Waals surface area contributed by atoms with Crippen LogP contribution < -0.4 is 5.32 Å². The molecular formula is C26H26F5N3O3S. The summed E-state index contributed by atoms with van der Waals surface area (Å²) in [4.78, 5) is 16.3. The van der Waals surface area contributed by atoms with Gasteiger partial charge in [-0.25, -0.2) is 30.4 Å². The largest absolute Gasteiger partial charge is 0.351 e. The second-order valence-electron chi connectivity index (χ2n) is 8.79. The number of carbonyl (C=O) groups is 1. The van der Waals surface area contributed by atoms with Crippen molar-refractivity contribution in [2.24, 2.45) is 4.99 Å². The van der Waals surface area contributed by atoms with Crippen LogP contribution in [0.5, 0.6) is 0 Å². The van der Waals surface area contributed by atoms with Crippen molar-refractivity contribution in [2.75, 3.05) is 6.54 Å². The summed E-state index contributed by atoms with van der Waals surface area (Å²) in [6.07, 6.45) is 0.490. The molecule has 38 heavy (non-hydrogen) atoms. The first-order chi connectivity index (χ1) is 17.7. The van der Waals surface area contributed by atoms with E-state index in [9.17, 15) is 35.2 Å². The Morgan fingerprint density at radius 3 is 2.47 bits per heavy atom. The van der Waals surface area contributed by atoms with Crippen LogP contribution in [0.4, 0.5) is 22.0 Å². The smallest absolute Gasteiger partial charge is 0.282 e. The molecule has 12 heteroatoms. The lowest BCUT2D eigenvalue weighted by atomic mass is 10.0. The minimum atomic E-state index is -4.31. The van der Waals surface area contributed by atoms with Crippen molar-refractivity contribution >= 4 is 27.2 Å². The molecular weight excluding hydrogens is 529 g/mol. The fraction of sp³-hybridized carbons (Fsp3) is 0.308. The zero-order valence-electron chi connectivity index (χ0n) is 20.6. The predicted molar refractivity (Wildman–Crippen MR) is 134 cm³/mol. The Bertz CT molecular complexity index is 1370. The summed E-state index contributed by atoms with van der Waals surface area (Å²) >= 11 is 0. The van der Waals surface area contributed by atoms with Gasteiger partial charge in [-0.05, 0) is 54.5 Å². The quantitative estimate of drug-likeness (QED) is 0.268. The first-order valence-electron chi connectivity index (χ1n) is 11.5. The molecule has 1 aliphatic rings. The van der Waals surface area contributed by atoms with Crippen LogP contribution in [0.15, 0.2) is 71.2 Å². The number of halogens is 5. The minimum absolute atomic E-state index is 0.00728.